The zero-order chi connectivity index (χ0) is 15.7. The average Bonchev–Trinajstić information content (AvgIpc) is 2.96. The van der Waals surface area contributed by atoms with Gasteiger partial charge in [-0.15, -0.1) is 0 Å². The van der Waals surface area contributed by atoms with Gasteiger partial charge in [-0.3, -0.25) is 9.59 Å². The molecule has 0 radical (unpaired) electrons. The van der Waals surface area contributed by atoms with E-state index in [1.807, 2.05) is 0 Å². The standard InChI is InChI=1S/C14H10Cl2N4O2/c15-10-2-1-9(7-11(10)16)18-12(21)8-19-6-4-14(22)20-13(19)3-5-17-20/h1-7H,8H2,(H,18,21). The van der Waals surface area contributed by atoms with E-state index in [2.05, 4.69) is 10.4 Å². The molecule has 0 saturated carbocycles. The van der Waals surface area contributed by atoms with Crippen molar-refractivity contribution >= 4 is 40.4 Å². The number of hydrogen-bond donors (Lipinski definition) is 1. The van der Waals surface area contributed by atoms with E-state index in [0.29, 0.717) is 21.4 Å². The lowest BCUT2D eigenvalue weighted by Gasteiger charge is -2.09. The molecule has 0 aliphatic carbocycles. The average molecular weight is 337 g/mol. The van der Waals surface area contributed by atoms with Crippen molar-refractivity contribution in [2.75, 3.05) is 5.32 Å². The first-order valence-electron chi connectivity index (χ1n) is 6.33. The lowest BCUT2D eigenvalue weighted by atomic mass is 10.3. The van der Waals surface area contributed by atoms with Crippen molar-refractivity contribution in [3.05, 3.63) is 63.1 Å². The highest BCUT2D eigenvalue weighted by atomic mass is 35.5. The van der Waals surface area contributed by atoms with Crippen LogP contribution in [0.3, 0.4) is 0 Å². The second-order valence-electron chi connectivity index (χ2n) is 4.56. The monoisotopic (exact) mass is 336 g/mol. The normalized spacial score (nSPS) is 10.8. The van der Waals surface area contributed by atoms with Crippen LogP contribution in [-0.2, 0) is 11.3 Å². The lowest BCUT2D eigenvalue weighted by Crippen LogP contribution is -2.23. The molecule has 0 aliphatic heterocycles. The molecule has 0 bridgehead atoms. The summed E-state index contributed by atoms with van der Waals surface area (Å²) < 4.78 is 2.85. The van der Waals surface area contributed by atoms with Gasteiger partial charge in [0.05, 0.1) is 16.2 Å². The fourth-order valence-electron chi connectivity index (χ4n) is 2.05. The van der Waals surface area contributed by atoms with Gasteiger partial charge in [0.25, 0.3) is 5.56 Å². The number of halogens is 2. The molecule has 3 aromatic rings. The Labute approximate surface area is 134 Å². The van der Waals surface area contributed by atoms with Crippen LogP contribution in [0.2, 0.25) is 10.0 Å². The van der Waals surface area contributed by atoms with Crippen LogP contribution >= 0.6 is 23.2 Å². The predicted molar refractivity (Wildman–Crippen MR) is 84.5 cm³/mol. The summed E-state index contributed by atoms with van der Waals surface area (Å²) in [6, 6.07) is 7.85. The number of anilines is 1. The van der Waals surface area contributed by atoms with E-state index < -0.39 is 0 Å². The molecule has 1 N–H and O–H groups in total. The smallest absolute Gasteiger partial charge is 0.274 e. The lowest BCUT2D eigenvalue weighted by molar-refractivity contribution is -0.116. The van der Waals surface area contributed by atoms with E-state index >= 15 is 0 Å². The molecule has 8 heteroatoms. The molecule has 22 heavy (non-hydrogen) atoms. The molecule has 3 rings (SSSR count). The summed E-state index contributed by atoms with van der Waals surface area (Å²) in [5, 5.41) is 7.41. The third-order valence-electron chi connectivity index (χ3n) is 3.04. The Bertz CT molecular complexity index is 917. The third-order valence-corrected chi connectivity index (χ3v) is 3.78. The number of benzene rings is 1. The summed E-state index contributed by atoms with van der Waals surface area (Å²) >= 11 is 11.7. The van der Waals surface area contributed by atoms with Gasteiger partial charge in [-0.25, -0.2) is 0 Å². The van der Waals surface area contributed by atoms with Crippen LogP contribution in [-0.4, -0.2) is 20.1 Å². The van der Waals surface area contributed by atoms with Crippen LogP contribution in [0.15, 0.2) is 47.5 Å². The van der Waals surface area contributed by atoms with Gasteiger partial charge in [0, 0.05) is 24.0 Å². The highest BCUT2D eigenvalue weighted by Gasteiger charge is 2.08. The maximum atomic E-state index is 12.1. The number of rotatable bonds is 3. The third kappa shape index (κ3) is 2.84. The highest BCUT2D eigenvalue weighted by Crippen LogP contribution is 2.24. The maximum absolute atomic E-state index is 12.1. The summed E-state index contributed by atoms with van der Waals surface area (Å²) in [6.07, 6.45) is 3.05. The van der Waals surface area contributed by atoms with Crippen molar-refractivity contribution < 1.29 is 4.79 Å². The van der Waals surface area contributed by atoms with Crippen molar-refractivity contribution in [2.45, 2.75) is 6.54 Å². The van der Waals surface area contributed by atoms with Gasteiger partial charge in [-0.2, -0.15) is 9.61 Å². The van der Waals surface area contributed by atoms with Gasteiger partial charge in [0.1, 0.15) is 12.2 Å². The summed E-state index contributed by atoms with van der Waals surface area (Å²) in [4.78, 5) is 23.7. The fourth-order valence-corrected chi connectivity index (χ4v) is 2.35. The van der Waals surface area contributed by atoms with Crippen LogP contribution in [0.1, 0.15) is 0 Å². The Hall–Kier alpha value is -2.31. The molecule has 1 aromatic carbocycles. The number of fused-ring (bicyclic) bond motifs is 1. The number of nitrogens with one attached hydrogen (secondary N) is 1. The predicted octanol–water partition coefficient (Wildman–Crippen LogP) is 2.44. The first-order chi connectivity index (χ1) is 10.5. The van der Waals surface area contributed by atoms with E-state index in [1.165, 1.54) is 16.8 Å². The minimum atomic E-state index is -0.259. The van der Waals surface area contributed by atoms with E-state index in [-0.39, 0.29) is 18.0 Å². The van der Waals surface area contributed by atoms with Crippen molar-refractivity contribution in [2.24, 2.45) is 0 Å². The van der Waals surface area contributed by atoms with E-state index in [9.17, 15) is 9.59 Å². The number of nitrogens with zero attached hydrogens (tertiary/aromatic N) is 3. The van der Waals surface area contributed by atoms with Gasteiger partial charge in [0.2, 0.25) is 5.91 Å². The Morgan fingerprint density at radius 2 is 2.00 bits per heavy atom. The maximum Gasteiger partial charge on any atom is 0.274 e. The topological polar surface area (TPSA) is 68.4 Å². The Morgan fingerprint density at radius 3 is 2.77 bits per heavy atom. The van der Waals surface area contributed by atoms with Crippen molar-refractivity contribution in [1.29, 1.82) is 0 Å². The summed E-state index contributed by atoms with van der Waals surface area (Å²) in [7, 11) is 0. The van der Waals surface area contributed by atoms with Crippen LogP contribution in [0.25, 0.3) is 5.65 Å². The molecule has 0 aliphatic rings. The van der Waals surface area contributed by atoms with Gasteiger partial charge >= 0.3 is 0 Å². The largest absolute Gasteiger partial charge is 0.324 e. The van der Waals surface area contributed by atoms with E-state index in [0.717, 1.165) is 0 Å². The first-order valence-corrected chi connectivity index (χ1v) is 7.08. The van der Waals surface area contributed by atoms with E-state index in [4.69, 9.17) is 23.2 Å². The van der Waals surface area contributed by atoms with Crippen LogP contribution in [0.4, 0.5) is 5.69 Å². The first kappa shape index (κ1) is 14.6. The quantitative estimate of drug-likeness (QED) is 0.798. The molecule has 2 heterocycles. The number of amides is 1. The molecule has 0 saturated heterocycles. The van der Waals surface area contributed by atoms with Crippen LogP contribution in [0, 0.1) is 0 Å². The minimum absolute atomic E-state index is 0.0374. The van der Waals surface area contributed by atoms with Crippen molar-refractivity contribution in [3.63, 3.8) is 0 Å². The zero-order valence-corrected chi connectivity index (χ0v) is 12.7. The van der Waals surface area contributed by atoms with Crippen LogP contribution < -0.4 is 10.9 Å². The minimum Gasteiger partial charge on any atom is -0.324 e. The molecule has 2 aromatic heterocycles. The summed E-state index contributed by atoms with van der Waals surface area (Å²) in [6.45, 7) is 0.0374. The SMILES string of the molecule is O=C(Cn1ccc(=O)n2nccc12)Nc1ccc(Cl)c(Cl)c1. The number of aromatic nitrogens is 3. The molecule has 6 nitrogen and oxygen atoms in total. The molecule has 0 spiro atoms. The van der Waals surface area contributed by atoms with Gasteiger partial charge in [-0.05, 0) is 18.2 Å². The van der Waals surface area contributed by atoms with Crippen molar-refractivity contribution in [3.8, 4) is 0 Å². The van der Waals surface area contributed by atoms with Crippen molar-refractivity contribution in [1.82, 2.24) is 14.2 Å². The Morgan fingerprint density at radius 1 is 1.18 bits per heavy atom. The van der Waals surface area contributed by atoms with Gasteiger partial charge in [-0.1, -0.05) is 23.2 Å². The van der Waals surface area contributed by atoms with E-state index in [1.54, 1.807) is 35.0 Å². The number of carbonyl (C=O) groups is 1. The highest BCUT2D eigenvalue weighted by molar-refractivity contribution is 6.42. The second kappa shape index (κ2) is 5.82. The van der Waals surface area contributed by atoms with Gasteiger partial charge in [0.15, 0.2) is 0 Å². The fraction of sp³-hybridized carbons (Fsp3) is 0.0714. The summed E-state index contributed by atoms with van der Waals surface area (Å²) in [5.74, 6) is -0.259. The van der Waals surface area contributed by atoms with Gasteiger partial charge < -0.3 is 9.88 Å². The Kier molecular flexibility index (Phi) is 3.87. The zero-order valence-electron chi connectivity index (χ0n) is 11.2. The molecular formula is C14H10Cl2N4O2. The second-order valence-corrected chi connectivity index (χ2v) is 5.37. The molecule has 112 valence electrons. The number of carbonyl (C=O) groups excluding carboxylic acids is 1. The summed E-state index contributed by atoms with van der Waals surface area (Å²) in [5.41, 5.74) is 0.836. The number of hydrogen-bond acceptors (Lipinski definition) is 3. The molecular weight excluding hydrogens is 327 g/mol. The molecule has 0 fully saturated rings. The molecule has 0 atom stereocenters. The Balaban J connectivity index is 1.81. The molecule has 1 amide bonds. The molecule has 0 unspecified atom stereocenters. The van der Waals surface area contributed by atoms with Crippen LogP contribution in [0.5, 0.6) is 0 Å².